The molecule has 1 heterocycles. The summed E-state index contributed by atoms with van der Waals surface area (Å²) in [5.74, 6) is 0.559. The van der Waals surface area contributed by atoms with Crippen LogP contribution in [0.15, 0.2) is 6.20 Å². The van der Waals surface area contributed by atoms with Gasteiger partial charge in [-0.2, -0.15) is 5.10 Å². The molecule has 0 saturated heterocycles. The highest BCUT2D eigenvalue weighted by molar-refractivity contribution is 5.75. The first-order valence-electron chi connectivity index (χ1n) is 4.12. The third-order valence-corrected chi connectivity index (χ3v) is 1.66. The van der Waals surface area contributed by atoms with E-state index in [0.717, 1.165) is 18.5 Å². The Kier molecular flexibility index (Phi) is 2.63. The molecule has 0 spiro atoms. The Morgan fingerprint density at radius 3 is 2.75 bits per heavy atom. The van der Waals surface area contributed by atoms with Crippen LogP contribution in [0, 0.1) is 12.8 Å². The Bertz CT molecular complexity index is 276. The second kappa shape index (κ2) is 3.52. The highest BCUT2D eigenvalue weighted by atomic mass is 16.1. The summed E-state index contributed by atoms with van der Waals surface area (Å²) in [6.45, 7) is 6.96. The van der Waals surface area contributed by atoms with Gasteiger partial charge in [-0.05, 0) is 12.8 Å². The molecule has 0 amide bonds. The maximum absolute atomic E-state index is 10.5. The van der Waals surface area contributed by atoms with E-state index in [1.54, 1.807) is 6.20 Å². The Labute approximate surface area is 72.4 Å². The van der Waals surface area contributed by atoms with Crippen molar-refractivity contribution < 1.29 is 4.79 Å². The molecule has 0 aromatic carbocycles. The summed E-state index contributed by atoms with van der Waals surface area (Å²) in [6, 6.07) is 0. The lowest BCUT2D eigenvalue weighted by Crippen LogP contribution is -2.04. The summed E-state index contributed by atoms with van der Waals surface area (Å²) < 4.78 is 1.82. The van der Waals surface area contributed by atoms with Crippen molar-refractivity contribution in [1.82, 2.24) is 9.78 Å². The number of aryl methyl sites for hydroxylation is 1. The Balaban J connectivity index is 2.82. The van der Waals surface area contributed by atoms with E-state index in [0.29, 0.717) is 11.5 Å². The minimum Gasteiger partial charge on any atom is -0.298 e. The lowest BCUT2D eigenvalue weighted by atomic mass is 10.2. The third kappa shape index (κ3) is 1.94. The molecular weight excluding hydrogens is 152 g/mol. The van der Waals surface area contributed by atoms with E-state index in [4.69, 9.17) is 0 Å². The summed E-state index contributed by atoms with van der Waals surface area (Å²) in [4.78, 5) is 10.5. The van der Waals surface area contributed by atoms with Gasteiger partial charge in [0, 0.05) is 12.7 Å². The highest BCUT2D eigenvalue weighted by Crippen LogP contribution is 2.04. The fourth-order valence-corrected chi connectivity index (χ4v) is 1.12. The van der Waals surface area contributed by atoms with Crippen LogP contribution in [0.4, 0.5) is 0 Å². The number of hydrogen-bond donors (Lipinski definition) is 0. The largest absolute Gasteiger partial charge is 0.298 e. The predicted molar refractivity (Wildman–Crippen MR) is 47.2 cm³/mol. The molecule has 12 heavy (non-hydrogen) atoms. The van der Waals surface area contributed by atoms with Gasteiger partial charge in [0.2, 0.25) is 0 Å². The molecule has 0 aliphatic heterocycles. The molecule has 0 aliphatic rings. The second-order valence-corrected chi connectivity index (χ2v) is 3.40. The van der Waals surface area contributed by atoms with Gasteiger partial charge in [-0.15, -0.1) is 0 Å². The zero-order valence-corrected chi connectivity index (χ0v) is 7.74. The van der Waals surface area contributed by atoms with Crippen LogP contribution in [0.3, 0.4) is 0 Å². The number of rotatable bonds is 3. The minimum absolute atomic E-state index is 0.559. The zero-order valence-electron chi connectivity index (χ0n) is 7.74. The monoisotopic (exact) mass is 166 g/mol. The van der Waals surface area contributed by atoms with Gasteiger partial charge in [0.05, 0.1) is 11.3 Å². The molecular formula is C9H14N2O. The number of hydrogen-bond acceptors (Lipinski definition) is 2. The molecule has 1 aromatic heterocycles. The maximum atomic E-state index is 10.5. The van der Waals surface area contributed by atoms with Crippen LogP contribution in [0.25, 0.3) is 0 Å². The molecule has 0 atom stereocenters. The van der Waals surface area contributed by atoms with Gasteiger partial charge in [0.15, 0.2) is 6.29 Å². The van der Waals surface area contributed by atoms with E-state index in [2.05, 4.69) is 18.9 Å². The average molecular weight is 166 g/mol. The zero-order chi connectivity index (χ0) is 9.14. The Morgan fingerprint density at radius 1 is 1.67 bits per heavy atom. The Morgan fingerprint density at radius 2 is 2.33 bits per heavy atom. The lowest BCUT2D eigenvalue weighted by Gasteiger charge is -2.02. The van der Waals surface area contributed by atoms with E-state index in [9.17, 15) is 4.79 Å². The van der Waals surface area contributed by atoms with Crippen LogP contribution < -0.4 is 0 Å². The molecule has 3 heteroatoms. The number of carbonyl (C=O) groups is 1. The SMILES string of the molecule is Cc1nn(CC(C)C)cc1C=O. The molecule has 0 saturated carbocycles. The molecule has 0 bridgehead atoms. The number of nitrogens with zero attached hydrogens (tertiary/aromatic N) is 2. The van der Waals surface area contributed by atoms with Gasteiger partial charge in [0.1, 0.15) is 0 Å². The summed E-state index contributed by atoms with van der Waals surface area (Å²) in [5, 5.41) is 4.21. The number of aldehydes is 1. The van der Waals surface area contributed by atoms with Crippen LogP contribution in [0.1, 0.15) is 29.9 Å². The summed E-state index contributed by atoms with van der Waals surface area (Å²) in [5.41, 5.74) is 1.50. The normalized spacial score (nSPS) is 10.7. The van der Waals surface area contributed by atoms with E-state index >= 15 is 0 Å². The molecule has 0 fully saturated rings. The van der Waals surface area contributed by atoms with E-state index in [-0.39, 0.29) is 0 Å². The Hall–Kier alpha value is -1.12. The third-order valence-electron chi connectivity index (χ3n) is 1.66. The maximum Gasteiger partial charge on any atom is 0.153 e. The van der Waals surface area contributed by atoms with E-state index < -0.39 is 0 Å². The molecule has 66 valence electrons. The van der Waals surface area contributed by atoms with Crippen molar-refractivity contribution in [1.29, 1.82) is 0 Å². The van der Waals surface area contributed by atoms with Crippen LogP contribution in [-0.4, -0.2) is 16.1 Å². The van der Waals surface area contributed by atoms with Crippen LogP contribution in [0.2, 0.25) is 0 Å². The lowest BCUT2D eigenvalue weighted by molar-refractivity contribution is 0.112. The van der Waals surface area contributed by atoms with Crippen LogP contribution in [-0.2, 0) is 6.54 Å². The molecule has 0 unspecified atom stereocenters. The predicted octanol–water partition coefficient (Wildman–Crippen LogP) is 1.66. The fourth-order valence-electron chi connectivity index (χ4n) is 1.12. The summed E-state index contributed by atoms with van der Waals surface area (Å²) in [7, 11) is 0. The average Bonchev–Trinajstić information content (AvgIpc) is 2.29. The topological polar surface area (TPSA) is 34.9 Å². The first kappa shape index (κ1) is 8.97. The van der Waals surface area contributed by atoms with Crippen molar-refractivity contribution in [2.24, 2.45) is 5.92 Å². The van der Waals surface area contributed by atoms with Crippen molar-refractivity contribution in [3.05, 3.63) is 17.5 Å². The smallest absolute Gasteiger partial charge is 0.153 e. The van der Waals surface area contributed by atoms with Crippen molar-refractivity contribution >= 4 is 6.29 Å². The second-order valence-electron chi connectivity index (χ2n) is 3.40. The molecule has 3 nitrogen and oxygen atoms in total. The van der Waals surface area contributed by atoms with Crippen molar-refractivity contribution in [2.45, 2.75) is 27.3 Å². The molecule has 1 aromatic rings. The van der Waals surface area contributed by atoms with Gasteiger partial charge >= 0.3 is 0 Å². The quantitative estimate of drug-likeness (QED) is 0.640. The first-order chi connectivity index (χ1) is 5.63. The van der Waals surface area contributed by atoms with Gasteiger partial charge in [-0.3, -0.25) is 9.48 Å². The number of carbonyl (C=O) groups excluding carboxylic acids is 1. The highest BCUT2D eigenvalue weighted by Gasteiger charge is 2.03. The summed E-state index contributed by atoms with van der Waals surface area (Å²) >= 11 is 0. The van der Waals surface area contributed by atoms with Crippen molar-refractivity contribution in [2.75, 3.05) is 0 Å². The van der Waals surface area contributed by atoms with Crippen molar-refractivity contribution in [3.63, 3.8) is 0 Å². The molecule has 0 aliphatic carbocycles. The fraction of sp³-hybridized carbons (Fsp3) is 0.556. The van der Waals surface area contributed by atoms with E-state index in [1.807, 2.05) is 11.6 Å². The summed E-state index contributed by atoms with van der Waals surface area (Å²) in [6.07, 6.45) is 2.64. The van der Waals surface area contributed by atoms with Crippen molar-refractivity contribution in [3.8, 4) is 0 Å². The molecule has 0 N–H and O–H groups in total. The van der Waals surface area contributed by atoms with Crippen LogP contribution >= 0.6 is 0 Å². The van der Waals surface area contributed by atoms with Gasteiger partial charge in [-0.1, -0.05) is 13.8 Å². The minimum atomic E-state index is 0.559. The molecule has 1 rings (SSSR count). The standard InChI is InChI=1S/C9H14N2O/c1-7(2)4-11-5-9(6-12)8(3)10-11/h5-7H,4H2,1-3H3. The number of aromatic nitrogens is 2. The van der Waals surface area contributed by atoms with Gasteiger partial charge in [-0.25, -0.2) is 0 Å². The van der Waals surface area contributed by atoms with Crippen LogP contribution in [0.5, 0.6) is 0 Å². The van der Waals surface area contributed by atoms with E-state index in [1.165, 1.54) is 0 Å². The molecule has 0 radical (unpaired) electrons. The van der Waals surface area contributed by atoms with Gasteiger partial charge in [0.25, 0.3) is 0 Å². The van der Waals surface area contributed by atoms with Gasteiger partial charge < -0.3 is 0 Å². The first-order valence-corrected chi connectivity index (χ1v) is 4.12.